The van der Waals surface area contributed by atoms with Crippen LogP contribution in [0.25, 0.3) is 0 Å². The molecule has 1 aromatic heterocycles. The highest BCUT2D eigenvalue weighted by atomic mass is 16.6. The van der Waals surface area contributed by atoms with Crippen LogP contribution in [0.1, 0.15) is 37.2 Å². The number of nitrogens with zero attached hydrogens (tertiary/aromatic N) is 3. The minimum Gasteiger partial charge on any atom is -0.319 e. The molecule has 8 heteroatoms. The predicted molar refractivity (Wildman–Crippen MR) is 76.1 cm³/mol. The Labute approximate surface area is 120 Å². The number of hydrogen-bond donors (Lipinski definition) is 2. The monoisotopic (exact) mass is 289 g/mol. The highest BCUT2D eigenvalue weighted by Gasteiger charge is 2.21. The van der Waals surface area contributed by atoms with Crippen molar-refractivity contribution in [2.75, 3.05) is 5.32 Å². The van der Waals surface area contributed by atoms with Crippen LogP contribution >= 0.6 is 0 Å². The molecule has 0 bridgehead atoms. The van der Waals surface area contributed by atoms with Gasteiger partial charge >= 0.3 is 0 Å². The number of aromatic amines is 1. The van der Waals surface area contributed by atoms with Crippen LogP contribution in [0, 0.1) is 10.1 Å². The smallest absolute Gasteiger partial charge is 0.295 e. The van der Waals surface area contributed by atoms with Crippen LogP contribution in [-0.4, -0.2) is 26.0 Å². The average molecular weight is 289 g/mol. The Bertz CT molecular complexity index is 670. The Hall–Kier alpha value is -2.77. The van der Waals surface area contributed by atoms with Crippen molar-refractivity contribution in [2.45, 2.75) is 26.2 Å². The molecule has 1 aromatic carbocycles. The number of carbonyl (C=O) groups is 1. The maximum absolute atomic E-state index is 12.0. The van der Waals surface area contributed by atoms with Gasteiger partial charge in [0.2, 0.25) is 5.82 Å². The molecule has 0 atom stereocenters. The first kappa shape index (κ1) is 14.6. The van der Waals surface area contributed by atoms with Crippen LogP contribution in [0.2, 0.25) is 0 Å². The van der Waals surface area contributed by atoms with E-state index in [0.717, 1.165) is 0 Å². The van der Waals surface area contributed by atoms with E-state index in [1.807, 2.05) is 20.8 Å². The zero-order valence-corrected chi connectivity index (χ0v) is 11.9. The van der Waals surface area contributed by atoms with Crippen molar-refractivity contribution in [2.24, 2.45) is 0 Å². The summed E-state index contributed by atoms with van der Waals surface area (Å²) in [5.41, 5.74) is 0.160. The van der Waals surface area contributed by atoms with Gasteiger partial charge in [-0.2, -0.15) is 0 Å². The predicted octanol–water partition coefficient (Wildman–Crippen LogP) is 2.26. The van der Waals surface area contributed by atoms with Crippen molar-refractivity contribution in [3.05, 3.63) is 46.0 Å². The summed E-state index contributed by atoms with van der Waals surface area (Å²) >= 11 is 0. The molecule has 0 aliphatic rings. The second-order valence-electron chi connectivity index (χ2n) is 5.52. The van der Waals surface area contributed by atoms with Gasteiger partial charge in [-0.3, -0.25) is 20.0 Å². The molecule has 110 valence electrons. The van der Waals surface area contributed by atoms with E-state index in [1.54, 1.807) is 0 Å². The Morgan fingerprint density at radius 2 is 1.90 bits per heavy atom. The van der Waals surface area contributed by atoms with Crippen molar-refractivity contribution >= 4 is 17.3 Å². The lowest BCUT2D eigenvalue weighted by Crippen LogP contribution is -2.16. The molecule has 8 nitrogen and oxygen atoms in total. The third kappa shape index (κ3) is 3.41. The number of benzene rings is 1. The van der Waals surface area contributed by atoms with Gasteiger partial charge in [0.05, 0.1) is 4.92 Å². The molecule has 0 aliphatic heterocycles. The molecule has 0 saturated heterocycles. The van der Waals surface area contributed by atoms with E-state index in [4.69, 9.17) is 0 Å². The van der Waals surface area contributed by atoms with Gasteiger partial charge < -0.3 is 5.32 Å². The van der Waals surface area contributed by atoms with E-state index >= 15 is 0 Å². The third-order valence-corrected chi connectivity index (χ3v) is 2.73. The SMILES string of the molecule is CC(C)(C)c1nc(C(=O)Nc2ccc([N+](=O)[O-])cc2)n[nH]1. The first-order chi connectivity index (χ1) is 9.77. The molecule has 2 rings (SSSR count). The zero-order valence-electron chi connectivity index (χ0n) is 11.9. The third-order valence-electron chi connectivity index (χ3n) is 2.73. The molecule has 2 aromatic rings. The molecule has 0 unspecified atom stereocenters. The normalized spacial score (nSPS) is 11.2. The van der Waals surface area contributed by atoms with E-state index in [-0.39, 0.29) is 16.9 Å². The summed E-state index contributed by atoms with van der Waals surface area (Å²) in [6.07, 6.45) is 0. The summed E-state index contributed by atoms with van der Waals surface area (Å²) in [7, 11) is 0. The summed E-state index contributed by atoms with van der Waals surface area (Å²) in [6, 6.07) is 5.53. The first-order valence-electron chi connectivity index (χ1n) is 6.26. The molecule has 0 saturated carbocycles. The fourth-order valence-electron chi connectivity index (χ4n) is 1.55. The summed E-state index contributed by atoms with van der Waals surface area (Å²) in [5, 5.41) is 19.7. The molecule has 0 fully saturated rings. The number of non-ortho nitro benzene ring substituents is 1. The van der Waals surface area contributed by atoms with Gasteiger partial charge in [-0.15, -0.1) is 5.10 Å². The summed E-state index contributed by atoms with van der Waals surface area (Å²) in [6.45, 7) is 5.85. The molecular weight excluding hydrogens is 274 g/mol. The Kier molecular flexibility index (Phi) is 3.70. The number of amides is 1. The van der Waals surface area contributed by atoms with Crippen molar-refractivity contribution in [3.63, 3.8) is 0 Å². The van der Waals surface area contributed by atoms with Crippen molar-refractivity contribution in [1.82, 2.24) is 15.2 Å². The van der Waals surface area contributed by atoms with Gasteiger partial charge in [0.1, 0.15) is 5.82 Å². The number of rotatable bonds is 3. The van der Waals surface area contributed by atoms with Gasteiger partial charge in [0.15, 0.2) is 0 Å². The minimum atomic E-state index is -0.503. The Morgan fingerprint density at radius 1 is 1.29 bits per heavy atom. The van der Waals surface area contributed by atoms with Crippen LogP contribution in [0.5, 0.6) is 0 Å². The molecule has 0 aliphatic carbocycles. The largest absolute Gasteiger partial charge is 0.319 e. The lowest BCUT2D eigenvalue weighted by Gasteiger charge is -2.12. The van der Waals surface area contributed by atoms with Crippen molar-refractivity contribution in [1.29, 1.82) is 0 Å². The molecule has 2 N–H and O–H groups in total. The van der Waals surface area contributed by atoms with Gasteiger partial charge in [0, 0.05) is 23.2 Å². The summed E-state index contributed by atoms with van der Waals surface area (Å²) in [4.78, 5) is 26.2. The molecule has 1 heterocycles. The molecule has 0 radical (unpaired) electrons. The van der Waals surface area contributed by atoms with Crippen molar-refractivity contribution < 1.29 is 9.72 Å². The number of hydrogen-bond acceptors (Lipinski definition) is 5. The van der Waals surface area contributed by atoms with Crippen LogP contribution in [0.4, 0.5) is 11.4 Å². The number of nitro benzene ring substituents is 1. The maximum atomic E-state index is 12.0. The Balaban J connectivity index is 2.11. The highest BCUT2D eigenvalue weighted by molar-refractivity contribution is 6.01. The lowest BCUT2D eigenvalue weighted by atomic mass is 9.96. The lowest BCUT2D eigenvalue weighted by molar-refractivity contribution is -0.384. The van der Waals surface area contributed by atoms with Crippen LogP contribution in [0.15, 0.2) is 24.3 Å². The molecule has 0 spiro atoms. The number of carbonyl (C=O) groups excluding carboxylic acids is 1. The first-order valence-corrected chi connectivity index (χ1v) is 6.26. The molecule has 1 amide bonds. The van der Waals surface area contributed by atoms with Gasteiger partial charge in [-0.05, 0) is 12.1 Å². The summed E-state index contributed by atoms with van der Waals surface area (Å²) in [5.74, 6) is 0.158. The number of nitro groups is 1. The molecular formula is C13H15N5O3. The van der Waals surface area contributed by atoms with Crippen molar-refractivity contribution in [3.8, 4) is 0 Å². The van der Waals surface area contributed by atoms with E-state index in [0.29, 0.717) is 11.5 Å². The fraction of sp³-hybridized carbons (Fsp3) is 0.308. The second-order valence-corrected chi connectivity index (χ2v) is 5.52. The van der Waals surface area contributed by atoms with E-state index < -0.39 is 10.8 Å². The van der Waals surface area contributed by atoms with Gasteiger partial charge in [-0.1, -0.05) is 20.8 Å². The summed E-state index contributed by atoms with van der Waals surface area (Å²) < 4.78 is 0. The van der Waals surface area contributed by atoms with Gasteiger partial charge in [-0.25, -0.2) is 4.98 Å². The zero-order chi connectivity index (χ0) is 15.6. The van der Waals surface area contributed by atoms with Crippen LogP contribution in [0.3, 0.4) is 0 Å². The van der Waals surface area contributed by atoms with E-state index in [9.17, 15) is 14.9 Å². The maximum Gasteiger partial charge on any atom is 0.295 e. The number of nitrogens with one attached hydrogen (secondary N) is 2. The Morgan fingerprint density at radius 3 is 2.38 bits per heavy atom. The van der Waals surface area contributed by atoms with Crippen LogP contribution in [-0.2, 0) is 5.41 Å². The average Bonchev–Trinajstić information content (AvgIpc) is 2.88. The fourth-order valence-corrected chi connectivity index (χ4v) is 1.55. The quantitative estimate of drug-likeness (QED) is 0.664. The van der Waals surface area contributed by atoms with Crippen LogP contribution < -0.4 is 5.32 Å². The number of H-pyrrole nitrogens is 1. The highest BCUT2D eigenvalue weighted by Crippen LogP contribution is 2.18. The topological polar surface area (TPSA) is 114 Å². The standard InChI is InChI=1S/C13H15N5O3/c1-13(2,3)12-15-10(16-17-12)11(19)14-8-4-6-9(7-5-8)18(20)21/h4-7H,1-3H3,(H,14,19)(H,15,16,17). The van der Waals surface area contributed by atoms with E-state index in [2.05, 4.69) is 20.5 Å². The molecule has 21 heavy (non-hydrogen) atoms. The number of aromatic nitrogens is 3. The number of anilines is 1. The minimum absolute atomic E-state index is 0.0262. The van der Waals surface area contributed by atoms with Gasteiger partial charge in [0.25, 0.3) is 11.6 Å². The van der Waals surface area contributed by atoms with E-state index in [1.165, 1.54) is 24.3 Å². The second kappa shape index (κ2) is 5.31.